The molecule has 0 saturated heterocycles. The predicted molar refractivity (Wildman–Crippen MR) is 78.0 cm³/mol. The Hall–Kier alpha value is -1.76. The van der Waals surface area contributed by atoms with E-state index in [4.69, 9.17) is 4.42 Å². The second-order valence-corrected chi connectivity index (χ2v) is 6.35. The number of rotatable bonds is 4. The number of amides is 1. The molecule has 21 heavy (non-hydrogen) atoms. The van der Waals surface area contributed by atoms with Crippen molar-refractivity contribution in [2.45, 2.75) is 64.0 Å². The zero-order valence-electron chi connectivity index (χ0n) is 12.4. The van der Waals surface area contributed by atoms with Crippen molar-refractivity contribution in [3.8, 4) is 6.07 Å². The van der Waals surface area contributed by atoms with Gasteiger partial charge in [-0.2, -0.15) is 5.26 Å². The standard InChI is InChI=1S/C17H22N2O2/c18-13-17(9-3-1-2-4-10-17)16(20)19(14-7-8-14)12-15-6-5-11-21-15/h5-6,11,14H,1-4,7-10,12H2. The Balaban J connectivity index is 1.80. The summed E-state index contributed by atoms with van der Waals surface area (Å²) < 4.78 is 5.39. The van der Waals surface area contributed by atoms with Gasteiger partial charge in [0.05, 0.1) is 18.9 Å². The van der Waals surface area contributed by atoms with Gasteiger partial charge in [0, 0.05) is 6.04 Å². The molecule has 0 unspecified atom stereocenters. The first-order chi connectivity index (χ1) is 10.2. The Bertz CT molecular complexity index is 517. The molecule has 0 spiro atoms. The topological polar surface area (TPSA) is 57.2 Å². The summed E-state index contributed by atoms with van der Waals surface area (Å²) in [6.45, 7) is 0.500. The summed E-state index contributed by atoms with van der Waals surface area (Å²) in [6, 6.07) is 6.42. The Morgan fingerprint density at radius 1 is 1.33 bits per heavy atom. The molecule has 0 atom stereocenters. The van der Waals surface area contributed by atoms with Crippen molar-refractivity contribution in [1.82, 2.24) is 4.90 Å². The number of nitriles is 1. The van der Waals surface area contributed by atoms with E-state index in [1.54, 1.807) is 6.26 Å². The van der Waals surface area contributed by atoms with Crippen molar-refractivity contribution in [2.75, 3.05) is 0 Å². The molecule has 1 aromatic heterocycles. The highest BCUT2D eigenvalue weighted by atomic mass is 16.3. The number of nitrogens with zero attached hydrogens (tertiary/aromatic N) is 2. The van der Waals surface area contributed by atoms with Crippen LogP contribution in [0.2, 0.25) is 0 Å². The van der Waals surface area contributed by atoms with E-state index in [0.29, 0.717) is 25.4 Å². The third-order valence-corrected chi connectivity index (χ3v) is 4.74. The minimum Gasteiger partial charge on any atom is -0.467 e. The lowest BCUT2D eigenvalue weighted by Gasteiger charge is -2.31. The molecule has 3 rings (SSSR count). The quantitative estimate of drug-likeness (QED) is 0.794. The molecule has 0 aromatic carbocycles. The van der Waals surface area contributed by atoms with Crippen LogP contribution in [0.5, 0.6) is 0 Å². The van der Waals surface area contributed by atoms with Crippen LogP contribution in [0.3, 0.4) is 0 Å². The minimum atomic E-state index is -0.800. The zero-order chi connectivity index (χ0) is 14.7. The molecule has 2 saturated carbocycles. The molecule has 1 heterocycles. The number of hydrogen-bond donors (Lipinski definition) is 0. The summed E-state index contributed by atoms with van der Waals surface area (Å²) in [5, 5.41) is 9.69. The lowest BCUT2D eigenvalue weighted by molar-refractivity contribution is -0.141. The first-order valence-corrected chi connectivity index (χ1v) is 8.00. The fourth-order valence-corrected chi connectivity index (χ4v) is 3.30. The van der Waals surface area contributed by atoms with Crippen LogP contribution in [0.1, 0.15) is 57.1 Å². The molecule has 0 aliphatic heterocycles. The fraction of sp³-hybridized carbons (Fsp3) is 0.647. The summed E-state index contributed by atoms with van der Waals surface area (Å²) in [6.07, 6.45) is 9.40. The summed E-state index contributed by atoms with van der Waals surface area (Å²) >= 11 is 0. The van der Waals surface area contributed by atoms with Crippen molar-refractivity contribution in [1.29, 1.82) is 5.26 Å². The number of furan rings is 1. The second-order valence-electron chi connectivity index (χ2n) is 6.35. The van der Waals surface area contributed by atoms with Gasteiger partial charge in [0.1, 0.15) is 11.2 Å². The number of carbonyl (C=O) groups is 1. The van der Waals surface area contributed by atoms with Crippen LogP contribution < -0.4 is 0 Å². The molecule has 4 nitrogen and oxygen atoms in total. The third kappa shape index (κ3) is 2.97. The number of carbonyl (C=O) groups excluding carboxylic acids is 1. The van der Waals surface area contributed by atoms with Gasteiger partial charge in [0.15, 0.2) is 0 Å². The lowest BCUT2D eigenvalue weighted by Crippen LogP contribution is -2.44. The van der Waals surface area contributed by atoms with E-state index in [1.807, 2.05) is 17.0 Å². The van der Waals surface area contributed by atoms with E-state index in [0.717, 1.165) is 44.3 Å². The Labute approximate surface area is 125 Å². The fourth-order valence-electron chi connectivity index (χ4n) is 3.30. The van der Waals surface area contributed by atoms with Gasteiger partial charge in [-0.15, -0.1) is 0 Å². The Morgan fingerprint density at radius 3 is 2.57 bits per heavy atom. The average Bonchev–Trinajstić information content (AvgIpc) is 3.27. The SMILES string of the molecule is N#CC1(C(=O)N(Cc2ccco2)C2CC2)CCCCCC1. The molecule has 1 aromatic rings. The smallest absolute Gasteiger partial charge is 0.243 e. The summed E-state index contributed by atoms with van der Waals surface area (Å²) in [4.78, 5) is 15.0. The molecular weight excluding hydrogens is 264 g/mol. The van der Waals surface area contributed by atoms with Crippen LogP contribution in [0.4, 0.5) is 0 Å². The van der Waals surface area contributed by atoms with E-state index in [-0.39, 0.29) is 5.91 Å². The first kappa shape index (κ1) is 14.2. The highest BCUT2D eigenvalue weighted by Gasteiger charge is 2.45. The first-order valence-electron chi connectivity index (χ1n) is 8.00. The van der Waals surface area contributed by atoms with Crippen LogP contribution in [0.25, 0.3) is 0 Å². The van der Waals surface area contributed by atoms with Crippen molar-refractivity contribution in [2.24, 2.45) is 5.41 Å². The molecule has 4 heteroatoms. The van der Waals surface area contributed by atoms with Gasteiger partial charge in [-0.05, 0) is 37.8 Å². The second kappa shape index (κ2) is 5.93. The molecule has 2 aliphatic carbocycles. The van der Waals surface area contributed by atoms with E-state index in [1.165, 1.54) is 0 Å². The zero-order valence-corrected chi connectivity index (χ0v) is 12.4. The largest absolute Gasteiger partial charge is 0.467 e. The monoisotopic (exact) mass is 286 g/mol. The molecule has 2 aliphatic rings. The molecular formula is C17H22N2O2. The van der Waals surface area contributed by atoms with Gasteiger partial charge in [0.25, 0.3) is 0 Å². The third-order valence-electron chi connectivity index (χ3n) is 4.74. The average molecular weight is 286 g/mol. The van der Waals surface area contributed by atoms with Crippen LogP contribution in [-0.4, -0.2) is 16.8 Å². The van der Waals surface area contributed by atoms with Gasteiger partial charge in [-0.1, -0.05) is 25.7 Å². The van der Waals surface area contributed by atoms with Gasteiger partial charge in [-0.25, -0.2) is 0 Å². The molecule has 0 radical (unpaired) electrons. The summed E-state index contributed by atoms with van der Waals surface area (Å²) in [7, 11) is 0. The van der Waals surface area contributed by atoms with E-state index in [9.17, 15) is 10.1 Å². The van der Waals surface area contributed by atoms with E-state index >= 15 is 0 Å². The van der Waals surface area contributed by atoms with Crippen molar-refractivity contribution in [3.05, 3.63) is 24.2 Å². The molecule has 0 bridgehead atoms. The van der Waals surface area contributed by atoms with Gasteiger partial charge < -0.3 is 9.32 Å². The number of hydrogen-bond acceptors (Lipinski definition) is 3. The highest BCUT2D eigenvalue weighted by Crippen LogP contribution is 2.40. The molecule has 2 fully saturated rings. The van der Waals surface area contributed by atoms with Crippen LogP contribution in [0.15, 0.2) is 22.8 Å². The highest BCUT2D eigenvalue weighted by molar-refractivity contribution is 5.86. The summed E-state index contributed by atoms with van der Waals surface area (Å²) in [5.41, 5.74) is -0.800. The lowest BCUT2D eigenvalue weighted by atomic mass is 9.80. The van der Waals surface area contributed by atoms with Gasteiger partial charge >= 0.3 is 0 Å². The van der Waals surface area contributed by atoms with Crippen LogP contribution >= 0.6 is 0 Å². The normalized spacial score (nSPS) is 21.3. The van der Waals surface area contributed by atoms with Crippen LogP contribution in [0, 0.1) is 16.7 Å². The molecule has 1 amide bonds. The minimum absolute atomic E-state index is 0.0331. The molecule has 0 N–H and O–H groups in total. The Morgan fingerprint density at radius 2 is 2.05 bits per heavy atom. The van der Waals surface area contributed by atoms with Gasteiger partial charge in [0.2, 0.25) is 5.91 Å². The summed E-state index contributed by atoms with van der Waals surface area (Å²) in [5.74, 6) is 0.836. The van der Waals surface area contributed by atoms with E-state index < -0.39 is 5.41 Å². The van der Waals surface area contributed by atoms with Crippen LogP contribution in [-0.2, 0) is 11.3 Å². The maximum absolute atomic E-state index is 13.1. The van der Waals surface area contributed by atoms with Crippen molar-refractivity contribution in [3.63, 3.8) is 0 Å². The van der Waals surface area contributed by atoms with Crippen molar-refractivity contribution < 1.29 is 9.21 Å². The maximum Gasteiger partial charge on any atom is 0.243 e. The van der Waals surface area contributed by atoms with Gasteiger partial charge in [-0.3, -0.25) is 4.79 Å². The Kier molecular flexibility index (Phi) is 4.01. The van der Waals surface area contributed by atoms with E-state index in [2.05, 4.69) is 6.07 Å². The molecule has 112 valence electrons. The van der Waals surface area contributed by atoms with Crippen molar-refractivity contribution >= 4 is 5.91 Å². The predicted octanol–water partition coefficient (Wildman–Crippen LogP) is 3.63. The maximum atomic E-state index is 13.1.